The normalized spacial score (nSPS) is 19.9. The predicted octanol–water partition coefficient (Wildman–Crippen LogP) is 3.32. The Morgan fingerprint density at radius 3 is 2.94 bits per heavy atom. The summed E-state index contributed by atoms with van der Waals surface area (Å²) in [6, 6.07) is 5.60. The number of rotatable bonds is 3. The zero-order chi connectivity index (χ0) is 13.1. The highest BCUT2D eigenvalue weighted by Gasteiger charge is 2.22. The molecular weight excluding hydrogens is 226 g/mol. The van der Waals surface area contributed by atoms with Crippen molar-refractivity contribution in [1.29, 1.82) is 0 Å². The molecule has 18 heavy (non-hydrogen) atoms. The minimum absolute atomic E-state index is 0.428. The first-order valence-electron chi connectivity index (χ1n) is 6.70. The lowest BCUT2D eigenvalue weighted by atomic mass is 9.94. The topological polar surface area (TPSA) is 40.5 Å². The molecule has 0 aromatic heterocycles. The van der Waals surface area contributed by atoms with Crippen molar-refractivity contribution in [3.63, 3.8) is 0 Å². The maximum absolute atomic E-state index is 11.3. The van der Waals surface area contributed by atoms with Gasteiger partial charge >= 0.3 is 5.97 Å². The Labute approximate surface area is 108 Å². The van der Waals surface area contributed by atoms with Crippen molar-refractivity contribution in [2.75, 3.05) is 18.0 Å². The fourth-order valence-electron chi connectivity index (χ4n) is 2.70. The van der Waals surface area contributed by atoms with Crippen molar-refractivity contribution in [2.24, 2.45) is 5.92 Å². The molecule has 1 saturated heterocycles. The zero-order valence-corrected chi connectivity index (χ0v) is 11.1. The number of carboxylic acids is 1. The van der Waals surface area contributed by atoms with Gasteiger partial charge in [0, 0.05) is 13.1 Å². The molecule has 2 rings (SSSR count). The average Bonchev–Trinajstić information content (AvgIpc) is 2.38. The second-order valence-electron chi connectivity index (χ2n) is 5.19. The molecule has 1 unspecified atom stereocenters. The van der Waals surface area contributed by atoms with Gasteiger partial charge in [-0.2, -0.15) is 0 Å². The molecule has 0 amide bonds. The van der Waals surface area contributed by atoms with Crippen LogP contribution in [0.4, 0.5) is 5.69 Å². The third kappa shape index (κ3) is 2.66. The van der Waals surface area contributed by atoms with Crippen LogP contribution in [0.5, 0.6) is 0 Å². The number of aryl methyl sites for hydroxylation is 1. The highest BCUT2D eigenvalue weighted by molar-refractivity contribution is 5.94. The molecule has 1 aromatic carbocycles. The molecule has 1 aliphatic rings. The number of piperidine rings is 1. The Kier molecular flexibility index (Phi) is 3.90. The first-order chi connectivity index (χ1) is 8.61. The number of carbonyl (C=O) groups is 1. The summed E-state index contributed by atoms with van der Waals surface area (Å²) in [6.45, 7) is 6.18. The summed E-state index contributed by atoms with van der Waals surface area (Å²) in [5, 5.41) is 9.28. The Balaban J connectivity index is 2.31. The molecule has 1 aromatic rings. The van der Waals surface area contributed by atoms with E-state index in [-0.39, 0.29) is 0 Å². The maximum Gasteiger partial charge on any atom is 0.337 e. The van der Waals surface area contributed by atoms with Gasteiger partial charge in [-0.1, -0.05) is 19.4 Å². The minimum atomic E-state index is -0.830. The van der Waals surface area contributed by atoms with Crippen molar-refractivity contribution >= 4 is 11.7 Å². The third-order valence-corrected chi connectivity index (χ3v) is 3.82. The van der Waals surface area contributed by atoms with Crippen LogP contribution in [0, 0.1) is 12.8 Å². The van der Waals surface area contributed by atoms with Crippen LogP contribution < -0.4 is 4.90 Å². The second-order valence-corrected chi connectivity index (χ2v) is 5.19. The SMILES string of the molecule is CCC1CCCN(c2cc(C)ccc2C(=O)O)C1. The lowest BCUT2D eigenvalue weighted by Crippen LogP contribution is -2.36. The third-order valence-electron chi connectivity index (χ3n) is 3.82. The van der Waals surface area contributed by atoms with Crippen LogP contribution >= 0.6 is 0 Å². The van der Waals surface area contributed by atoms with Gasteiger partial charge in [0.15, 0.2) is 0 Å². The smallest absolute Gasteiger partial charge is 0.337 e. The van der Waals surface area contributed by atoms with Crippen LogP contribution in [0.3, 0.4) is 0 Å². The molecule has 1 heterocycles. The highest BCUT2D eigenvalue weighted by atomic mass is 16.4. The largest absolute Gasteiger partial charge is 0.478 e. The summed E-state index contributed by atoms with van der Waals surface area (Å²) < 4.78 is 0. The van der Waals surface area contributed by atoms with Gasteiger partial charge in [0.1, 0.15) is 0 Å². The van der Waals surface area contributed by atoms with E-state index >= 15 is 0 Å². The molecule has 1 fully saturated rings. The van der Waals surface area contributed by atoms with Gasteiger partial charge in [-0.3, -0.25) is 0 Å². The molecule has 0 spiro atoms. The van der Waals surface area contributed by atoms with Crippen molar-refractivity contribution in [2.45, 2.75) is 33.1 Å². The highest BCUT2D eigenvalue weighted by Crippen LogP contribution is 2.28. The standard InChI is InChI=1S/C15H21NO2/c1-3-12-5-4-8-16(10-12)14-9-11(2)6-7-13(14)15(17)18/h6-7,9,12H,3-5,8,10H2,1-2H3,(H,17,18). The number of hydrogen-bond donors (Lipinski definition) is 1. The van der Waals surface area contributed by atoms with E-state index in [1.807, 2.05) is 19.1 Å². The van der Waals surface area contributed by atoms with E-state index in [1.54, 1.807) is 6.07 Å². The monoisotopic (exact) mass is 247 g/mol. The van der Waals surface area contributed by atoms with Crippen molar-refractivity contribution < 1.29 is 9.90 Å². The summed E-state index contributed by atoms with van der Waals surface area (Å²) in [7, 11) is 0. The zero-order valence-electron chi connectivity index (χ0n) is 11.1. The number of aromatic carboxylic acids is 1. The molecule has 3 heteroatoms. The van der Waals surface area contributed by atoms with Crippen molar-refractivity contribution in [3.05, 3.63) is 29.3 Å². The number of hydrogen-bond acceptors (Lipinski definition) is 2. The summed E-state index contributed by atoms with van der Waals surface area (Å²) in [4.78, 5) is 13.5. The Bertz CT molecular complexity index is 442. The van der Waals surface area contributed by atoms with Crippen molar-refractivity contribution in [1.82, 2.24) is 0 Å². The van der Waals surface area contributed by atoms with Gasteiger partial charge in [0.05, 0.1) is 11.3 Å². The fourth-order valence-corrected chi connectivity index (χ4v) is 2.70. The molecule has 3 nitrogen and oxygen atoms in total. The van der Waals surface area contributed by atoms with E-state index < -0.39 is 5.97 Å². The molecule has 98 valence electrons. The van der Waals surface area contributed by atoms with Gasteiger partial charge in [-0.25, -0.2) is 4.79 Å². The number of benzene rings is 1. The summed E-state index contributed by atoms with van der Waals surface area (Å²) in [5.41, 5.74) is 2.44. The van der Waals surface area contributed by atoms with E-state index in [2.05, 4.69) is 11.8 Å². The molecule has 0 saturated carbocycles. The first kappa shape index (κ1) is 12.9. The number of carboxylic acid groups (broad SMARTS) is 1. The first-order valence-corrected chi connectivity index (χ1v) is 6.70. The Morgan fingerprint density at radius 1 is 1.50 bits per heavy atom. The van der Waals surface area contributed by atoms with Crippen LogP contribution in [0.2, 0.25) is 0 Å². The molecule has 1 aliphatic heterocycles. The molecular formula is C15H21NO2. The molecule has 0 radical (unpaired) electrons. The second kappa shape index (κ2) is 5.42. The predicted molar refractivity (Wildman–Crippen MR) is 73.4 cm³/mol. The molecule has 0 bridgehead atoms. The van der Waals surface area contributed by atoms with Crippen LogP contribution in [-0.4, -0.2) is 24.2 Å². The van der Waals surface area contributed by atoms with Crippen LogP contribution in [0.1, 0.15) is 42.1 Å². The average molecular weight is 247 g/mol. The van der Waals surface area contributed by atoms with Gasteiger partial charge in [-0.15, -0.1) is 0 Å². The fraction of sp³-hybridized carbons (Fsp3) is 0.533. The van der Waals surface area contributed by atoms with E-state index in [0.717, 1.165) is 30.8 Å². The maximum atomic E-state index is 11.3. The van der Waals surface area contributed by atoms with E-state index in [4.69, 9.17) is 0 Å². The van der Waals surface area contributed by atoms with E-state index in [9.17, 15) is 9.90 Å². The van der Waals surface area contributed by atoms with E-state index in [0.29, 0.717) is 11.5 Å². The van der Waals surface area contributed by atoms with Gasteiger partial charge in [0.25, 0.3) is 0 Å². The minimum Gasteiger partial charge on any atom is -0.478 e. The van der Waals surface area contributed by atoms with Crippen LogP contribution in [0.15, 0.2) is 18.2 Å². The molecule has 0 aliphatic carbocycles. The van der Waals surface area contributed by atoms with Crippen molar-refractivity contribution in [3.8, 4) is 0 Å². The Morgan fingerprint density at radius 2 is 2.28 bits per heavy atom. The molecule has 1 atom stereocenters. The quantitative estimate of drug-likeness (QED) is 0.890. The summed E-state index contributed by atoms with van der Waals surface area (Å²) in [5.74, 6) is -0.135. The molecule has 1 N–H and O–H groups in total. The van der Waals surface area contributed by atoms with E-state index in [1.165, 1.54) is 12.8 Å². The van der Waals surface area contributed by atoms with Crippen LogP contribution in [-0.2, 0) is 0 Å². The van der Waals surface area contributed by atoms with Gasteiger partial charge in [0.2, 0.25) is 0 Å². The Hall–Kier alpha value is -1.51. The van der Waals surface area contributed by atoms with Gasteiger partial charge in [-0.05, 0) is 43.4 Å². The van der Waals surface area contributed by atoms with Crippen LogP contribution in [0.25, 0.3) is 0 Å². The summed E-state index contributed by atoms with van der Waals surface area (Å²) >= 11 is 0. The number of anilines is 1. The lowest BCUT2D eigenvalue weighted by Gasteiger charge is -2.35. The lowest BCUT2D eigenvalue weighted by molar-refractivity contribution is 0.0697. The van der Waals surface area contributed by atoms with Gasteiger partial charge < -0.3 is 10.0 Å². The number of nitrogens with zero attached hydrogens (tertiary/aromatic N) is 1. The summed E-state index contributed by atoms with van der Waals surface area (Å²) in [6.07, 6.45) is 3.59.